The van der Waals surface area contributed by atoms with Crippen molar-refractivity contribution in [3.8, 4) is 0 Å². The lowest BCUT2D eigenvalue weighted by atomic mass is 9.93. The summed E-state index contributed by atoms with van der Waals surface area (Å²) in [6.45, 7) is 9.81. The monoisotopic (exact) mass is 330 g/mol. The fourth-order valence-corrected chi connectivity index (χ4v) is 2.67. The van der Waals surface area contributed by atoms with Crippen molar-refractivity contribution in [1.82, 2.24) is 4.90 Å². The summed E-state index contributed by atoms with van der Waals surface area (Å²) >= 11 is 3.34. The molecule has 0 radical (unpaired) electrons. The molecule has 0 unspecified atom stereocenters. The molecular formula is C15H24BrFN2. The number of rotatable bonds is 7. The third-order valence-electron chi connectivity index (χ3n) is 3.07. The molecule has 4 heteroatoms. The first kappa shape index (κ1) is 16.6. The summed E-state index contributed by atoms with van der Waals surface area (Å²) in [4.78, 5) is 2.34. The topological polar surface area (TPSA) is 29.3 Å². The standard InChI is InChI=1S/C15H24BrFN2/c1-4-5-19(11-15(2,3)10-18)9-12-6-13(16)8-14(17)7-12/h6-8H,4-5,9-11,18H2,1-3H3. The molecule has 0 amide bonds. The van der Waals surface area contributed by atoms with Crippen molar-refractivity contribution in [2.45, 2.75) is 33.7 Å². The van der Waals surface area contributed by atoms with Crippen LogP contribution in [0.4, 0.5) is 4.39 Å². The molecule has 0 bridgehead atoms. The van der Waals surface area contributed by atoms with Gasteiger partial charge in [0.15, 0.2) is 0 Å². The Hall–Kier alpha value is -0.450. The van der Waals surface area contributed by atoms with E-state index in [9.17, 15) is 4.39 Å². The van der Waals surface area contributed by atoms with E-state index in [1.807, 2.05) is 6.07 Å². The second-order valence-corrected chi connectivity index (χ2v) is 6.77. The first-order valence-electron chi connectivity index (χ1n) is 6.73. The Bertz CT molecular complexity index is 387. The Morgan fingerprint density at radius 1 is 1.32 bits per heavy atom. The number of nitrogens with two attached hydrogens (primary N) is 1. The van der Waals surface area contributed by atoms with Crippen molar-refractivity contribution in [2.75, 3.05) is 19.6 Å². The molecule has 0 atom stereocenters. The molecule has 0 spiro atoms. The first-order valence-corrected chi connectivity index (χ1v) is 7.53. The van der Waals surface area contributed by atoms with E-state index in [1.54, 1.807) is 6.07 Å². The maximum Gasteiger partial charge on any atom is 0.124 e. The maximum absolute atomic E-state index is 13.4. The van der Waals surface area contributed by atoms with E-state index in [0.29, 0.717) is 6.54 Å². The van der Waals surface area contributed by atoms with Crippen molar-refractivity contribution >= 4 is 15.9 Å². The summed E-state index contributed by atoms with van der Waals surface area (Å²) in [5.41, 5.74) is 6.87. The molecule has 0 aliphatic carbocycles. The molecule has 2 N–H and O–H groups in total. The smallest absolute Gasteiger partial charge is 0.124 e. The number of benzene rings is 1. The molecule has 1 rings (SSSR count). The van der Waals surface area contributed by atoms with Crippen LogP contribution in [0.1, 0.15) is 32.8 Å². The predicted molar refractivity (Wildman–Crippen MR) is 82.5 cm³/mol. The van der Waals surface area contributed by atoms with E-state index < -0.39 is 0 Å². The van der Waals surface area contributed by atoms with E-state index >= 15 is 0 Å². The minimum Gasteiger partial charge on any atom is -0.330 e. The Kier molecular flexibility index (Phi) is 6.43. The second-order valence-electron chi connectivity index (χ2n) is 5.86. The lowest BCUT2D eigenvalue weighted by molar-refractivity contribution is 0.176. The molecule has 2 nitrogen and oxygen atoms in total. The number of halogens is 2. The Morgan fingerprint density at radius 2 is 2.00 bits per heavy atom. The van der Waals surface area contributed by atoms with Crippen molar-refractivity contribution in [1.29, 1.82) is 0 Å². The van der Waals surface area contributed by atoms with Gasteiger partial charge in [-0.05, 0) is 48.7 Å². The Labute approximate surface area is 124 Å². The van der Waals surface area contributed by atoms with Crippen LogP contribution in [0.3, 0.4) is 0 Å². The van der Waals surface area contributed by atoms with Gasteiger partial charge in [-0.25, -0.2) is 4.39 Å². The normalized spacial score (nSPS) is 12.2. The van der Waals surface area contributed by atoms with Gasteiger partial charge in [0.2, 0.25) is 0 Å². The van der Waals surface area contributed by atoms with E-state index in [2.05, 4.69) is 41.6 Å². The van der Waals surface area contributed by atoms with Gasteiger partial charge in [0.25, 0.3) is 0 Å². The van der Waals surface area contributed by atoms with Crippen LogP contribution in [-0.4, -0.2) is 24.5 Å². The summed E-state index contributed by atoms with van der Waals surface area (Å²) in [7, 11) is 0. The average Bonchev–Trinajstić information content (AvgIpc) is 2.27. The number of hydrogen-bond donors (Lipinski definition) is 1. The summed E-state index contributed by atoms with van der Waals surface area (Å²) in [6, 6.07) is 5.06. The molecule has 0 heterocycles. The summed E-state index contributed by atoms with van der Waals surface area (Å²) in [6.07, 6.45) is 1.08. The lowest BCUT2D eigenvalue weighted by Gasteiger charge is -2.31. The minimum atomic E-state index is -0.195. The molecule has 0 aliphatic heterocycles. The Morgan fingerprint density at radius 3 is 2.53 bits per heavy atom. The zero-order chi connectivity index (χ0) is 14.5. The van der Waals surface area contributed by atoms with Gasteiger partial charge in [0.05, 0.1) is 0 Å². The number of nitrogens with zero attached hydrogens (tertiary/aromatic N) is 1. The van der Waals surface area contributed by atoms with Crippen LogP contribution in [0.2, 0.25) is 0 Å². The zero-order valence-corrected chi connectivity index (χ0v) is 13.6. The zero-order valence-electron chi connectivity index (χ0n) is 12.0. The largest absolute Gasteiger partial charge is 0.330 e. The second kappa shape index (κ2) is 7.36. The Balaban J connectivity index is 2.77. The molecular weight excluding hydrogens is 307 g/mol. The van der Waals surface area contributed by atoms with Crippen molar-refractivity contribution in [2.24, 2.45) is 11.1 Å². The van der Waals surface area contributed by atoms with Crippen LogP contribution in [0.5, 0.6) is 0 Å². The number of hydrogen-bond acceptors (Lipinski definition) is 2. The fourth-order valence-electron chi connectivity index (χ4n) is 2.16. The molecule has 1 aromatic carbocycles. The lowest BCUT2D eigenvalue weighted by Crippen LogP contribution is -2.38. The maximum atomic E-state index is 13.4. The van der Waals surface area contributed by atoms with Crippen LogP contribution in [0.15, 0.2) is 22.7 Å². The molecule has 0 fully saturated rings. The third-order valence-corrected chi connectivity index (χ3v) is 3.53. The third kappa shape index (κ3) is 6.02. The van der Waals surface area contributed by atoms with E-state index in [-0.39, 0.29) is 11.2 Å². The minimum absolute atomic E-state index is 0.0831. The first-order chi connectivity index (χ1) is 8.86. The molecule has 0 aromatic heterocycles. The highest BCUT2D eigenvalue weighted by Crippen LogP contribution is 2.20. The van der Waals surface area contributed by atoms with E-state index in [0.717, 1.165) is 36.1 Å². The molecule has 19 heavy (non-hydrogen) atoms. The average molecular weight is 331 g/mol. The summed E-state index contributed by atoms with van der Waals surface area (Å²) < 4.78 is 14.2. The quantitative estimate of drug-likeness (QED) is 0.824. The molecule has 0 aliphatic rings. The van der Waals surface area contributed by atoms with Gasteiger partial charge in [-0.15, -0.1) is 0 Å². The highest BCUT2D eigenvalue weighted by Gasteiger charge is 2.20. The van der Waals surface area contributed by atoms with Crippen LogP contribution in [0, 0.1) is 11.2 Å². The van der Waals surface area contributed by atoms with Crippen molar-refractivity contribution in [3.05, 3.63) is 34.1 Å². The highest BCUT2D eigenvalue weighted by molar-refractivity contribution is 9.10. The molecule has 0 saturated carbocycles. The van der Waals surface area contributed by atoms with E-state index in [4.69, 9.17) is 5.73 Å². The van der Waals surface area contributed by atoms with Gasteiger partial charge in [-0.3, -0.25) is 4.90 Å². The van der Waals surface area contributed by atoms with Gasteiger partial charge < -0.3 is 5.73 Å². The van der Waals surface area contributed by atoms with Crippen LogP contribution in [-0.2, 0) is 6.54 Å². The van der Waals surface area contributed by atoms with E-state index in [1.165, 1.54) is 6.07 Å². The molecule has 1 aromatic rings. The van der Waals surface area contributed by atoms with Gasteiger partial charge in [0.1, 0.15) is 5.82 Å². The highest BCUT2D eigenvalue weighted by atomic mass is 79.9. The fraction of sp³-hybridized carbons (Fsp3) is 0.600. The van der Waals surface area contributed by atoms with Gasteiger partial charge in [0, 0.05) is 17.6 Å². The van der Waals surface area contributed by atoms with Gasteiger partial charge in [-0.2, -0.15) is 0 Å². The van der Waals surface area contributed by atoms with Crippen molar-refractivity contribution in [3.63, 3.8) is 0 Å². The van der Waals surface area contributed by atoms with Crippen molar-refractivity contribution < 1.29 is 4.39 Å². The van der Waals surface area contributed by atoms with Gasteiger partial charge >= 0.3 is 0 Å². The summed E-state index contributed by atoms with van der Waals surface area (Å²) in [5, 5.41) is 0. The van der Waals surface area contributed by atoms with Crippen LogP contribution in [0.25, 0.3) is 0 Å². The van der Waals surface area contributed by atoms with Gasteiger partial charge in [-0.1, -0.05) is 36.7 Å². The molecule has 108 valence electrons. The van der Waals surface area contributed by atoms with Crippen LogP contribution >= 0.6 is 15.9 Å². The summed E-state index contributed by atoms with van der Waals surface area (Å²) in [5.74, 6) is -0.195. The SMILES string of the molecule is CCCN(Cc1cc(F)cc(Br)c1)CC(C)(C)CN. The van der Waals surface area contributed by atoms with Crippen LogP contribution < -0.4 is 5.73 Å². The molecule has 0 saturated heterocycles. The predicted octanol–water partition coefficient (Wildman–Crippen LogP) is 3.79.